The number of nitrogens with zero attached hydrogens (tertiary/aromatic N) is 1. The monoisotopic (exact) mass is 333 g/mol. The molecule has 0 saturated heterocycles. The second-order valence-corrected chi connectivity index (χ2v) is 8.14. The first-order chi connectivity index (χ1) is 10.9. The van der Waals surface area contributed by atoms with E-state index in [-0.39, 0.29) is 0 Å². The van der Waals surface area contributed by atoms with Crippen LogP contribution >= 0.6 is 0 Å². The van der Waals surface area contributed by atoms with Crippen LogP contribution in [0.5, 0.6) is 0 Å². The van der Waals surface area contributed by atoms with Gasteiger partial charge in [0, 0.05) is 18.3 Å². The Hall–Kier alpha value is -1.55. The summed E-state index contributed by atoms with van der Waals surface area (Å²) in [6, 6.07) is 5.58. The Labute approximate surface area is 140 Å². The third-order valence-electron chi connectivity index (χ3n) is 4.44. The number of aryl methyl sites for hydroxylation is 1. The Morgan fingerprint density at radius 3 is 2.61 bits per heavy atom. The van der Waals surface area contributed by atoms with E-state index >= 15 is 0 Å². The van der Waals surface area contributed by atoms with Gasteiger partial charge in [-0.15, -0.1) is 6.58 Å². The van der Waals surface area contributed by atoms with Gasteiger partial charge in [-0.05, 0) is 37.8 Å². The van der Waals surface area contributed by atoms with Crippen LogP contribution in [0.15, 0.2) is 41.4 Å². The molecular weight excluding hydrogens is 306 g/mol. The average molecular weight is 333 g/mol. The molecule has 4 heteroatoms. The summed E-state index contributed by atoms with van der Waals surface area (Å²) in [7, 11) is -1.76. The van der Waals surface area contributed by atoms with E-state index in [4.69, 9.17) is 0 Å². The van der Waals surface area contributed by atoms with Gasteiger partial charge < -0.3 is 0 Å². The standard InChI is InChI=1S/C19H27NO2S/c1-5-7-8-9-11-18-16(10-6-2)17-14-15(3)12-13-19(17)23(21,22)20(18)4/h6,12-14H,2,5,7-11H2,1,3-4H3. The third kappa shape index (κ3) is 3.52. The summed E-state index contributed by atoms with van der Waals surface area (Å²) in [5.41, 5.74) is 3.97. The van der Waals surface area contributed by atoms with Crippen LogP contribution in [0.3, 0.4) is 0 Å². The maximum absolute atomic E-state index is 12.8. The number of hydrogen-bond acceptors (Lipinski definition) is 2. The number of allylic oxidation sites excluding steroid dienone is 3. The fourth-order valence-electron chi connectivity index (χ4n) is 3.14. The van der Waals surface area contributed by atoms with Crippen molar-refractivity contribution < 1.29 is 8.42 Å². The lowest BCUT2D eigenvalue weighted by Gasteiger charge is -2.32. The van der Waals surface area contributed by atoms with Gasteiger partial charge in [-0.2, -0.15) is 0 Å². The van der Waals surface area contributed by atoms with Crippen LogP contribution in [-0.2, 0) is 10.0 Å². The van der Waals surface area contributed by atoms with Gasteiger partial charge in [0.25, 0.3) is 10.0 Å². The number of fused-ring (bicyclic) bond motifs is 1. The maximum Gasteiger partial charge on any atom is 0.264 e. The number of sulfonamides is 1. The molecule has 2 rings (SSSR count). The van der Waals surface area contributed by atoms with E-state index in [2.05, 4.69) is 13.5 Å². The Morgan fingerprint density at radius 2 is 1.96 bits per heavy atom. The molecule has 126 valence electrons. The van der Waals surface area contributed by atoms with Crippen molar-refractivity contribution in [2.24, 2.45) is 0 Å². The summed E-state index contributed by atoms with van der Waals surface area (Å²) in [5, 5.41) is 0. The summed E-state index contributed by atoms with van der Waals surface area (Å²) >= 11 is 0. The molecule has 0 saturated carbocycles. The fraction of sp³-hybridized carbons (Fsp3) is 0.474. The molecule has 3 nitrogen and oxygen atoms in total. The summed E-state index contributed by atoms with van der Waals surface area (Å²) in [5.74, 6) is 0. The first kappa shape index (κ1) is 17.8. The van der Waals surface area contributed by atoms with E-state index in [1.54, 1.807) is 13.1 Å². The average Bonchev–Trinajstić information content (AvgIpc) is 2.51. The van der Waals surface area contributed by atoms with Crippen molar-refractivity contribution in [3.63, 3.8) is 0 Å². The van der Waals surface area contributed by atoms with Crippen LogP contribution in [0, 0.1) is 6.92 Å². The van der Waals surface area contributed by atoms with E-state index in [0.29, 0.717) is 11.3 Å². The zero-order valence-electron chi connectivity index (χ0n) is 14.4. The van der Waals surface area contributed by atoms with Crippen molar-refractivity contribution in [1.82, 2.24) is 4.31 Å². The highest BCUT2D eigenvalue weighted by molar-refractivity contribution is 7.89. The molecule has 23 heavy (non-hydrogen) atoms. The van der Waals surface area contributed by atoms with Crippen LogP contribution in [0.2, 0.25) is 0 Å². The summed E-state index contributed by atoms with van der Waals surface area (Å²) in [6.07, 6.45) is 7.87. The van der Waals surface area contributed by atoms with E-state index in [1.807, 2.05) is 25.1 Å². The predicted octanol–water partition coefficient (Wildman–Crippen LogP) is 4.89. The molecule has 0 unspecified atom stereocenters. The molecule has 0 aromatic heterocycles. The van der Waals surface area contributed by atoms with Crippen molar-refractivity contribution in [3.8, 4) is 0 Å². The van der Waals surface area contributed by atoms with Crippen LogP contribution in [0.4, 0.5) is 0 Å². The fourth-order valence-corrected chi connectivity index (χ4v) is 4.63. The number of rotatable bonds is 7. The smallest absolute Gasteiger partial charge is 0.264 e. The highest BCUT2D eigenvalue weighted by atomic mass is 32.2. The second-order valence-electron chi connectivity index (χ2n) is 6.20. The van der Waals surface area contributed by atoms with Gasteiger partial charge in [-0.3, -0.25) is 4.31 Å². The summed E-state index contributed by atoms with van der Waals surface area (Å²) in [4.78, 5) is 0.416. The van der Waals surface area contributed by atoms with Crippen LogP contribution in [-0.4, -0.2) is 19.8 Å². The first-order valence-electron chi connectivity index (χ1n) is 8.36. The van der Waals surface area contributed by atoms with Crippen molar-refractivity contribution in [1.29, 1.82) is 0 Å². The quantitative estimate of drug-likeness (QED) is 0.526. The predicted molar refractivity (Wildman–Crippen MR) is 96.6 cm³/mol. The molecule has 0 N–H and O–H groups in total. The zero-order valence-corrected chi connectivity index (χ0v) is 15.2. The molecule has 0 fully saturated rings. The normalized spacial score (nSPS) is 16.4. The van der Waals surface area contributed by atoms with E-state index in [0.717, 1.165) is 41.7 Å². The minimum atomic E-state index is -3.44. The Morgan fingerprint density at radius 1 is 1.22 bits per heavy atom. The molecule has 0 bridgehead atoms. The largest absolute Gasteiger partial charge is 0.273 e. The molecule has 1 aromatic carbocycles. The minimum absolute atomic E-state index is 0.416. The Bertz CT molecular complexity index is 717. The Kier molecular flexibility index (Phi) is 5.69. The third-order valence-corrected chi connectivity index (χ3v) is 6.30. The SMILES string of the molecule is C=CCC1=C(CCCCCC)N(C)S(=O)(=O)c2ccc(C)cc21. The van der Waals surface area contributed by atoms with Gasteiger partial charge in [0.15, 0.2) is 0 Å². The Balaban J connectivity index is 2.52. The van der Waals surface area contributed by atoms with E-state index in [1.165, 1.54) is 17.1 Å². The van der Waals surface area contributed by atoms with Crippen molar-refractivity contribution in [2.45, 2.75) is 57.3 Å². The van der Waals surface area contributed by atoms with E-state index < -0.39 is 10.0 Å². The van der Waals surface area contributed by atoms with Gasteiger partial charge in [-0.1, -0.05) is 50.0 Å². The first-order valence-corrected chi connectivity index (χ1v) is 9.80. The summed E-state index contributed by atoms with van der Waals surface area (Å²) in [6.45, 7) is 8.03. The van der Waals surface area contributed by atoms with Gasteiger partial charge >= 0.3 is 0 Å². The van der Waals surface area contributed by atoms with Gasteiger partial charge in [0.05, 0.1) is 4.90 Å². The zero-order chi connectivity index (χ0) is 17.0. The van der Waals surface area contributed by atoms with Crippen molar-refractivity contribution >= 4 is 15.6 Å². The van der Waals surface area contributed by atoms with Crippen LogP contribution in [0.1, 0.15) is 56.6 Å². The highest BCUT2D eigenvalue weighted by Gasteiger charge is 2.33. The molecule has 1 aliphatic heterocycles. The molecule has 0 spiro atoms. The van der Waals surface area contributed by atoms with Gasteiger partial charge in [0.1, 0.15) is 0 Å². The van der Waals surface area contributed by atoms with Crippen molar-refractivity contribution in [3.05, 3.63) is 47.7 Å². The number of benzene rings is 1. The molecule has 0 atom stereocenters. The lowest BCUT2D eigenvalue weighted by atomic mass is 9.96. The lowest BCUT2D eigenvalue weighted by Crippen LogP contribution is -2.31. The molecule has 1 aromatic rings. The number of hydrogen-bond donors (Lipinski definition) is 0. The number of unbranched alkanes of at least 4 members (excludes halogenated alkanes) is 3. The molecule has 1 aliphatic rings. The van der Waals surface area contributed by atoms with E-state index in [9.17, 15) is 8.42 Å². The highest BCUT2D eigenvalue weighted by Crippen LogP contribution is 2.40. The summed E-state index contributed by atoms with van der Waals surface area (Å²) < 4.78 is 27.1. The minimum Gasteiger partial charge on any atom is -0.273 e. The van der Waals surface area contributed by atoms with Crippen LogP contribution in [0.25, 0.3) is 5.57 Å². The maximum atomic E-state index is 12.8. The molecule has 0 aliphatic carbocycles. The van der Waals surface area contributed by atoms with Crippen molar-refractivity contribution in [2.75, 3.05) is 7.05 Å². The second kappa shape index (κ2) is 7.35. The van der Waals surface area contributed by atoms with Gasteiger partial charge in [0.2, 0.25) is 0 Å². The van der Waals surface area contributed by atoms with Crippen LogP contribution < -0.4 is 0 Å². The van der Waals surface area contributed by atoms with Gasteiger partial charge in [-0.25, -0.2) is 8.42 Å². The lowest BCUT2D eigenvalue weighted by molar-refractivity contribution is 0.500. The topological polar surface area (TPSA) is 37.4 Å². The molecule has 0 amide bonds. The molecular formula is C19H27NO2S. The molecule has 1 heterocycles. The molecule has 0 radical (unpaired) electrons.